The van der Waals surface area contributed by atoms with Gasteiger partial charge in [-0.3, -0.25) is 19.3 Å². The fourth-order valence-corrected chi connectivity index (χ4v) is 4.53. The van der Waals surface area contributed by atoms with Crippen molar-refractivity contribution in [1.29, 1.82) is 0 Å². The molecule has 1 aliphatic carbocycles. The summed E-state index contributed by atoms with van der Waals surface area (Å²) in [6, 6.07) is 8.78. The minimum atomic E-state index is -4.42. The van der Waals surface area contributed by atoms with E-state index in [9.17, 15) is 18.0 Å². The predicted molar refractivity (Wildman–Crippen MR) is 133 cm³/mol. The molecule has 4 aromatic rings. The highest BCUT2D eigenvalue weighted by Crippen LogP contribution is 2.36. The summed E-state index contributed by atoms with van der Waals surface area (Å²) in [5, 5.41) is 7.29. The van der Waals surface area contributed by atoms with Crippen molar-refractivity contribution in [2.45, 2.75) is 31.9 Å². The van der Waals surface area contributed by atoms with Crippen molar-refractivity contribution in [3.05, 3.63) is 76.0 Å². The van der Waals surface area contributed by atoms with Crippen LogP contribution in [0, 0.1) is 0 Å². The summed E-state index contributed by atoms with van der Waals surface area (Å²) in [6.07, 6.45) is 2.44. The van der Waals surface area contributed by atoms with E-state index in [0.717, 1.165) is 60.3 Å². The first-order valence-electron chi connectivity index (χ1n) is 11.8. The molecule has 1 aliphatic rings. The van der Waals surface area contributed by atoms with Gasteiger partial charge in [0.1, 0.15) is 0 Å². The Bertz CT molecular complexity index is 1470. The Kier molecular flexibility index (Phi) is 6.34. The number of pyridine rings is 2. The summed E-state index contributed by atoms with van der Waals surface area (Å²) in [5.74, 6) is 0.424. The second kappa shape index (κ2) is 9.60. The quantitative estimate of drug-likeness (QED) is 0.374. The standard InChI is InChI=1S/C26H25F3N6O/c1-35-23(36)15-21(16-8-10-30-11-9-16)34-25(35)32-13-12-31-24-18-4-2-3-5-20(18)33-22-14-17(26(27,28)29)6-7-19(22)24/h6-11,14-15H,2-5,12-13H2,1H3,(H,31,33)(H,32,34). The molecule has 0 fully saturated rings. The number of hydrogen-bond donors (Lipinski definition) is 2. The van der Waals surface area contributed by atoms with E-state index in [1.165, 1.54) is 16.7 Å². The second-order valence-electron chi connectivity index (χ2n) is 8.80. The number of nitrogens with zero attached hydrogens (tertiary/aromatic N) is 4. The molecule has 0 saturated heterocycles. The zero-order chi connectivity index (χ0) is 25.3. The molecule has 3 heterocycles. The van der Waals surface area contributed by atoms with Crippen molar-refractivity contribution in [3.63, 3.8) is 0 Å². The molecule has 0 unspecified atom stereocenters. The van der Waals surface area contributed by atoms with Crippen molar-refractivity contribution >= 4 is 22.5 Å². The molecule has 186 valence electrons. The van der Waals surface area contributed by atoms with Gasteiger partial charge in [0, 0.05) is 60.9 Å². The number of aromatic nitrogens is 4. The van der Waals surface area contributed by atoms with Gasteiger partial charge in [-0.2, -0.15) is 13.2 Å². The predicted octanol–water partition coefficient (Wildman–Crippen LogP) is 4.81. The SMILES string of the molecule is Cn1c(NCCNc2c3c(nc4cc(C(F)(F)F)ccc24)CCCC3)nc(-c2ccncc2)cc1=O. The number of benzene rings is 1. The summed E-state index contributed by atoms with van der Waals surface area (Å²) >= 11 is 0. The van der Waals surface area contributed by atoms with Crippen LogP contribution in [0.15, 0.2) is 53.6 Å². The molecule has 0 radical (unpaired) electrons. The number of halogens is 3. The van der Waals surface area contributed by atoms with Gasteiger partial charge in [-0.05, 0) is 55.5 Å². The molecule has 5 rings (SSSR count). The van der Waals surface area contributed by atoms with E-state index >= 15 is 0 Å². The van der Waals surface area contributed by atoms with Crippen molar-refractivity contribution in [3.8, 4) is 11.3 Å². The van der Waals surface area contributed by atoms with E-state index in [2.05, 4.69) is 25.6 Å². The first-order chi connectivity index (χ1) is 17.3. The fraction of sp³-hybridized carbons (Fsp3) is 0.308. The third kappa shape index (κ3) is 4.75. The minimum Gasteiger partial charge on any atom is -0.382 e. The van der Waals surface area contributed by atoms with E-state index in [1.54, 1.807) is 31.6 Å². The molecule has 0 spiro atoms. The number of aryl methyl sites for hydroxylation is 1. The third-order valence-electron chi connectivity index (χ3n) is 6.41. The Balaban J connectivity index is 1.38. The molecule has 0 bridgehead atoms. The summed E-state index contributed by atoms with van der Waals surface area (Å²) in [5.41, 5.74) is 3.54. The second-order valence-corrected chi connectivity index (χ2v) is 8.80. The summed E-state index contributed by atoms with van der Waals surface area (Å²) in [7, 11) is 1.65. The number of nitrogens with one attached hydrogen (secondary N) is 2. The number of fused-ring (bicyclic) bond motifs is 2. The Morgan fingerprint density at radius 2 is 1.72 bits per heavy atom. The van der Waals surface area contributed by atoms with Crippen LogP contribution in [0.1, 0.15) is 29.7 Å². The van der Waals surface area contributed by atoms with Gasteiger partial charge in [0.2, 0.25) is 5.95 Å². The lowest BCUT2D eigenvalue weighted by Crippen LogP contribution is -2.24. The fourth-order valence-electron chi connectivity index (χ4n) is 4.53. The summed E-state index contributed by atoms with van der Waals surface area (Å²) < 4.78 is 41.3. The Morgan fingerprint density at radius 1 is 0.972 bits per heavy atom. The first-order valence-corrected chi connectivity index (χ1v) is 11.8. The highest BCUT2D eigenvalue weighted by atomic mass is 19.4. The molecule has 1 aromatic carbocycles. The molecule has 3 aromatic heterocycles. The molecule has 0 atom stereocenters. The van der Waals surface area contributed by atoms with Crippen molar-refractivity contribution in [2.75, 3.05) is 23.7 Å². The minimum absolute atomic E-state index is 0.193. The molecular formula is C26H25F3N6O. The number of alkyl halides is 3. The molecule has 7 nitrogen and oxygen atoms in total. The van der Waals surface area contributed by atoms with E-state index < -0.39 is 11.7 Å². The molecule has 0 saturated carbocycles. The lowest BCUT2D eigenvalue weighted by molar-refractivity contribution is -0.137. The van der Waals surface area contributed by atoms with Crippen LogP contribution in [-0.2, 0) is 26.1 Å². The van der Waals surface area contributed by atoms with Gasteiger partial charge >= 0.3 is 6.18 Å². The average molecular weight is 495 g/mol. The van der Waals surface area contributed by atoms with Gasteiger partial charge in [-0.1, -0.05) is 6.07 Å². The van der Waals surface area contributed by atoms with Crippen LogP contribution in [0.3, 0.4) is 0 Å². The maximum Gasteiger partial charge on any atom is 0.416 e. The molecule has 2 N–H and O–H groups in total. The molecular weight excluding hydrogens is 469 g/mol. The Hall–Kier alpha value is -3.95. The molecule has 0 amide bonds. The van der Waals surface area contributed by atoms with Gasteiger partial charge in [0.15, 0.2) is 0 Å². The van der Waals surface area contributed by atoms with Gasteiger partial charge in [0.05, 0.1) is 16.8 Å². The van der Waals surface area contributed by atoms with Crippen LogP contribution in [0.5, 0.6) is 0 Å². The maximum atomic E-state index is 13.3. The van der Waals surface area contributed by atoms with Crippen molar-refractivity contribution < 1.29 is 13.2 Å². The van der Waals surface area contributed by atoms with Gasteiger partial charge < -0.3 is 10.6 Å². The normalized spacial score (nSPS) is 13.4. The zero-order valence-electron chi connectivity index (χ0n) is 19.7. The van der Waals surface area contributed by atoms with Crippen LogP contribution < -0.4 is 16.2 Å². The monoisotopic (exact) mass is 494 g/mol. The Morgan fingerprint density at radius 3 is 2.50 bits per heavy atom. The lowest BCUT2D eigenvalue weighted by Gasteiger charge is -2.22. The lowest BCUT2D eigenvalue weighted by atomic mass is 9.92. The van der Waals surface area contributed by atoms with E-state index in [0.29, 0.717) is 35.6 Å². The maximum absolute atomic E-state index is 13.3. The number of rotatable bonds is 6. The van der Waals surface area contributed by atoms with E-state index in [4.69, 9.17) is 0 Å². The first kappa shape index (κ1) is 23.8. The van der Waals surface area contributed by atoms with Crippen LogP contribution in [-0.4, -0.2) is 32.6 Å². The molecule has 0 aliphatic heterocycles. The van der Waals surface area contributed by atoms with Gasteiger partial charge in [-0.25, -0.2) is 4.98 Å². The average Bonchev–Trinajstić information content (AvgIpc) is 2.87. The molecule has 10 heteroatoms. The smallest absolute Gasteiger partial charge is 0.382 e. The van der Waals surface area contributed by atoms with E-state index in [1.807, 2.05) is 0 Å². The summed E-state index contributed by atoms with van der Waals surface area (Å²) in [6.45, 7) is 0.918. The van der Waals surface area contributed by atoms with Gasteiger partial charge in [-0.15, -0.1) is 0 Å². The van der Waals surface area contributed by atoms with Crippen molar-refractivity contribution in [1.82, 2.24) is 19.5 Å². The largest absolute Gasteiger partial charge is 0.416 e. The Labute approximate surface area is 205 Å². The van der Waals surface area contributed by atoms with E-state index in [-0.39, 0.29) is 5.56 Å². The third-order valence-corrected chi connectivity index (χ3v) is 6.41. The van der Waals surface area contributed by atoms with Crippen LogP contribution >= 0.6 is 0 Å². The highest BCUT2D eigenvalue weighted by Gasteiger charge is 2.31. The van der Waals surface area contributed by atoms with Crippen molar-refractivity contribution in [2.24, 2.45) is 7.05 Å². The number of anilines is 2. The zero-order valence-corrected chi connectivity index (χ0v) is 19.7. The van der Waals surface area contributed by atoms with Crippen LogP contribution in [0.4, 0.5) is 24.8 Å². The van der Waals surface area contributed by atoms with Crippen LogP contribution in [0.25, 0.3) is 22.2 Å². The number of hydrogen-bond acceptors (Lipinski definition) is 6. The molecule has 36 heavy (non-hydrogen) atoms. The highest BCUT2D eigenvalue weighted by molar-refractivity contribution is 5.94. The topological polar surface area (TPSA) is 84.7 Å². The van der Waals surface area contributed by atoms with Crippen LogP contribution in [0.2, 0.25) is 0 Å². The summed E-state index contributed by atoms with van der Waals surface area (Å²) in [4.78, 5) is 25.6. The van der Waals surface area contributed by atoms with Gasteiger partial charge in [0.25, 0.3) is 5.56 Å².